The highest BCUT2D eigenvalue weighted by Gasteiger charge is 1.94. The van der Waals surface area contributed by atoms with Crippen molar-refractivity contribution in [3.05, 3.63) is 28.6 Å². The number of aromatic amines is 1. The van der Waals surface area contributed by atoms with Gasteiger partial charge in [-0.2, -0.15) is 0 Å². The van der Waals surface area contributed by atoms with Crippen LogP contribution in [-0.4, -0.2) is 11.6 Å². The van der Waals surface area contributed by atoms with Gasteiger partial charge in [0.05, 0.1) is 6.61 Å². The van der Waals surface area contributed by atoms with E-state index < -0.39 is 0 Å². The summed E-state index contributed by atoms with van der Waals surface area (Å²) in [7, 11) is 0. The van der Waals surface area contributed by atoms with Crippen LogP contribution in [-0.2, 0) is 0 Å². The van der Waals surface area contributed by atoms with E-state index >= 15 is 0 Å². The zero-order chi connectivity index (χ0) is 11.6. The van der Waals surface area contributed by atoms with Crippen molar-refractivity contribution in [3.8, 4) is 5.88 Å². The van der Waals surface area contributed by atoms with E-state index in [0.29, 0.717) is 12.5 Å². The molecule has 0 saturated heterocycles. The van der Waals surface area contributed by atoms with Crippen LogP contribution in [0.15, 0.2) is 23.0 Å². The van der Waals surface area contributed by atoms with E-state index in [1.165, 1.54) is 38.2 Å². The molecule has 0 spiro atoms. The summed E-state index contributed by atoms with van der Waals surface area (Å²) < 4.78 is 5.44. The van der Waals surface area contributed by atoms with Gasteiger partial charge in [0.1, 0.15) is 0 Å². The topological polar surface area (TPSA) is 42.1 Å². The fraction of sp³-hybridized carbons (Fsp3) is 0.615. The predicted molar refractivity (Wildman–Crippen MR) is 65.9 cm³/mol. The Kier molecular flexibility index (Phi) is 6.38. The molecule has 1 aromatic rings. The molecule has 1 N–H and O–H groups in total. The maximum atomic E-state index is 11.0. The number of hydrogen-bond acceptors (Lipinski definition) is 2. The summed E-state index contributed by atoms with van der Waals surface area (Å²) in [5.74, 6) is 0.570. The Balaban J connectivity index is 2.05. The van der Waals surface area contributed by atoms with Gasteiger partial charge in [0.2, 0.25) is 0 Å². The summed E-state index contributed by atoms with van der Waals surface area (Å²) in [5, 5.41) is 0. The summed E-state index contributed by atoms with van der Waals surface area (Å²) in [6.45, 7) is 2.90. The molecule has 0 aliphatic rings. The summed E-state index contributed by atoms with van der Waals surface area (Å²) in [4.78, 5) is 13.6. The first-order chi connectivity index (χ1) is 7.83. The Morgan fingerprint density at radius 1 is 1.12 bits per heavy atom. The summed E-state index contributed by atoms with van der Waals surface area (Å²) in [5.41, 5.74) is -0.111. The Hall–Kier alpha value is -1.25. The molecule has 0 fully saturated rings. The lowest BCUT2D eigenvalue weighted by atomic mass is 10.1. The van der Waals surface area contributed by atoms with Crippen molar-refractivity contribution in [2.75, 3.05) is 6.61 Å². The summed E-state index contributed by atoms with van der Waals surface area (Å²) in [6, 6.07) is 4.96. The number of H-pyrrole nitrogens is 1. The van der Waals surface area contributed by atoms with Gasteiger partial charge in [-0.15, -0.1) is 0 Å². The van der Waals surface area contributed by atoms with Crippen LogP contribution in [0, 0.1) is 0 Å². The van der Waals surface area contributed by atoms with Crippen molar-refractivity contribution < 1.29 is 4.74 Å². The maximum Gasteiger partial charge on any atom is 0.250 e. The van der Waals surface area contributed by atoms with Crippen molar-refractivity contribution in [3.63, 3.8) is 0 Å². The second-order valence-corrected chi connectivity index (χ2v) is 4.00. The van der Waals surface area contributed by atoms with Gasteiger partial charge in [0.15, 0.2) is 5.88 Å². The molecule has 0 saturated carbocycles. The Bertz CT molecular complexity index is 333. The highest BCUT2D eigenvalue weighted by atomic mass is 16.5. The number of aromatic nitrogens is 1. The molecule has 0 aliphatic heterocycles. The van der Waals surface area contributed by atoms with Gasteiger partial charge in [-0.3, -0.25) is 9.78 Å². The van der Waals surface area contributed by atoms with Crippen LogP contribution < -0.4 is 10.3 Å². The quantitative estimate of drug-likeness (QED) is 0.688. The highest BCUT2D eigenvalue weighted by Crippen LogP contribution is 2.06. The molecule has 1 rings (SSSR count). The molecule has 0 bridgehead atoms. The van der Waals surface area contributed by atoms with Gasteiger partial charge in [0.25, 0.3) is 5.56 Å². The molecule has 0 atom stereocenters. The number of pyridine rings is 1. The maximum absolute atomic E-state index is 11.0. The van der Waals surface area contributed by atoms with Crippen molar-refractivity contribution in [2.45, 2.75) is 45.4 Å². The molecule has 3 heteroatoms. The van der Waals surface area contributed by atoms with Gasteiger partial charge in [-0.05, 0) is 12.5 Å². The lowest BCUT2D eigenvalue weighted by Gasteiger charge is -2.04. The van der Waals surface area contributed by atoms with Crippen LogP contribution in [0.1, 0.15) is 45.4 Å². The normalized spacial score (nSPS) is 10.3. The van der Waals surface area contributed by atoms with E-state index in [1.807, 2.05) is 0 Å². The van der Waals surface area contributed by atoms with Crippen molar-refractivity contribution >= 4 is 0 Å². The minimum absolute atomic E-state index is 0.111. The van der Waals surface area contributed by atoms with Crippen LogP contribution in [0.5, 0.6) is 5.88 Å². The third-order valence-corrected chi connectivity index (χ3v) is 2.50. The van der Waals surface area contributed by atoms with Crippen molar-refractivity contribution in [1.29, 1.82) is 0 Å². The Morgan fingerprint density at radius 3 is 2.62 bits per heavy atom. The fourth-order valence-corrected chi connectivity index (χ4v) is 1.58. The molecule has 0 aromatic carbocycles. The van der Waals surface area contributed by atoms with Gasteiger partial charge in [-0.1, -0.05) is 45.1 Å². The predicted octanol–water partition coefficient (Wildman–Crippen LogP) is 3.11. The van der Waals surface area contributed by atoms with E-state index in [4.69, 9.17) is 4.74 Å². The minimum atomic E-state index is -0.111. The molecule has 1 heterocycles. The molecular weight excluding hydrogens is 202 g/mol. The standard InChI is InChI=1S/C13H21NO2/c1-2-3-4-5-6-7-11-16-13-10-8-9-12(15)14-13/h8-10H,2-7,11H2,1H3,(H,14,15). The number of nitrogens with one attached hydrogen (secondary N) is 1. The van der Waals surface area contributed by atoms with Gasteiger partial charge in [0, 0.05) is 6.07 Å². The van der Waals surface area contributed by atoms with Crippen LogP contribution in [0.25, 0.3) is 0 Å². The number of unbranched alkanes of at least 4 members (excludes halogenated alkanes) is 5. The van der Waals surface area contributed by atoms with E-state index in [2.05, 4.69) is 11.9 Å². The highest BCUT2D eigenvalue weighted by molar-refractivity contribution is 5.09. The molecular formula is C13H21NO2. The second kappa shape index (κ2) is 7.97. The second-order valence-electron chi connectivity index (χ2n) is 4.00. The van der Waals surface area contributed by atoms with Crippen LogP contribution in [0.2, 0.25) is 0 Å². The molecule has 0 amide bonds. The Morgan fingerprint density at radius 2 is 1.88 bits per heavy atom. The van der Waals surface area contributed by atoms with Crippen LogP contribution in [0.4, 0.5) is 0 Å². The average molecular weight is 223 g/mol. The lowest BCUT2D eigenvalue weighted by molar-refractivity contribution is 0.292. The number of rotatable bonds is 8. The Labute approximate surface area is 96.8 Å². The molecule has 16 heavy (non-hydrogen) atoms. The monoisotopic (exact) mass is 223 g/mol. The molecule has 0 aliphatic carbocycles. The molecule has 90 valence electrons. The third-order valence-electron chi connectivity index (χ3n) is 2.50. The average Bonchev–Trinajstić information content (AvgIpc) is 2.28. The zero-order valence-electron chi connectivity index (χ0n) is 10.00. The smallest absolute Gasteiger partial charge is 0.250 e. The minimum Gasteiger partial charge on any atom is -0.479 e. The number of ether oxygens (including phenoxy) is 1. The van der Waals surface area contributed by atoms with E-state index in [0.717, 1.165) is 6.42 Å². The first-order valence-electron chi connectivity index (χ1n) is 6.15. The first-order valence-corrected chi connectivity index (χ1v) is 6.15. The van der Waals surface area contributed by atoms with E-state index in [9.17, 15) is 4.79 Å². The van der Waals surface area contributed by atoms with Gasteiger partial charge >= 0.3 is 0 Å². The molecule has 3 nitrogen and oxygen atoms in total. The summed E-state index contributed by atoms with van der Waals surface area (Å²) >= 11 is 0. The fourth-order valence-electron chi connectivity index (χ4n) is 1.58. The first kappa shape index (κ1) is 12.8. The van der Waals surface area contributed by atoms with E-state index in [1.54, 1.807) is 12.1 Å². The van der Waals surface area contributed by atoms with E-state index in [-0.39, 0.29) is 5.56 Å². The molecule has 0 radical (unpaired) electrons. The lowest BCUT2D eigenvalue weighted by Crippen LogP contribution is -2.06. The van der Waals surface area contributed by atoms with Crippen molar-refractivity contribution in [1.82, 2.24) is 4.98 Å². The third kappa shape index (κ3) is 5.59. The molecule has 1 aromatic heterocycles. The van der Waals surface area contributed by atoms with Gasteiger partial charge in [-0.25, -0.2) is 0 Å². The summed E-state index contributed by atoms with van der Waals surface area (Å²) in [6.07, 6.45) is 7.47. The SMILES string of the molecule is CCCCCCCCOc1cccc(=O)[nH]1. The zero-order valence-corrected chi connectivity index (χ0v) is 10.00. The largest absolute Gasteiger partial charge is 0.479 e. The van der Waals surface area contributed by atoms with Crippen LogP contribution >= 0.6 is 0 Å². The van der Waals surface area contributed by atoms with Gasteiger partial charge < -0.3 is 4.74 Å². The van der Waals surface area contributed by atoms with Crippen LogP contribution in [0.3, 0.4) is 0 Å². The number of hydrogen-bond donors (Lipinski definition) is 1. The van der Waals surface area contributed by atoms with Crippen molar-refractivity contribution in [2.24, 2.45) is 0 Å². The molecule has 0 unspecified atom stereocenters.